The second kappa shape index (κ2) is 8.17. The van der Waals surface area contributed by atoms with Crippen LogP contribution in [0.15, 0.2) is 23.1 Å². The minimum Gasteiger partial charge on any atom is -0.496 e. The number of carbonyl (C=O) groups is 1. The van der Waals surface area contributed by atoms with E-state index < -0.39 is 0 Å². The fraction of sp³-hybridized carbons (Fsp3) is 0.562. The van der Waals surface area contributed by atoms with E-state index in [-0.39, 0.29) is 5.91 Å². The Morgan fingerprint density at radius 3 is 2.57 bits per heavy atom. The molecule has 0 radical (unpaired) electrons. The summed E-state index contributed by atoms with van der Waals surface area (Å²) in [5, 5.41) is 0. The van der Waals surface area contributed by atoms with Gasteiger partial charge in [-0.25, -0.2) is 0 Å². The van der Waals surface area contributed by atoms with Crippen molar-refractivity contribution in [2.24, 2.45) is 0 Å². The lowest BCUT2D eigenvalue weighted by Gasteiger charge is -2.24. The highest BCUT2D eigenvalue weighted by Gasteiger charge is 2.16. The Morgan fingerprint density at radius 1 is 1.24 bits per heavy atom. The molecule has 5 heteroatoms. The summed E-state index contributed by atoms with van der Waals surface area (Å²) >= 11 is 1.52. The third-order valence-corrected chi connectivity index (χ3v) is 4.79. The van der Waals surface area contributed by atoms with E-state index in [1.165, 1.54) is 31.0 Å². The molecule has 1 fully saturated rings. The van der Waals surface area contributed by atoms with E-state index in [0.29, 0.717) is 11.4 Å². The maximum absolute atomic E-state index is 12.3. The van der Waals surface area contributed by atoms with E-state index in [1.54, 1.807) is 13.2 Å². The number of benzene rings is 1. The molecule has 0 bridgehead atoms. The SMILES string of the molecule is COc1cc(N)ccc1SCC(=O)N1CCCCCCC1. The quantitative estimate of drug-likeness (QED) is 0.686. The van der Waals surface area contributed by atoms with Crippen LogP contribution in [0.1, 0.15) is 32.1 Å². The Kier molecular flexibility index (Phi) is 6.23. The summed E-state index contributed by atoms with van der Waals surface area (Å²) in [5.41, 5.74) is 6.42. The number of thioether (sulfide) groups is 1. The van der Waals surface area contributed by atoms with E-state index in [0.717, 1.165) is 36.6 Å². The van der Waals surface area contributed by atoms with Gasteiger partial charge in [0, 0.05) is 29.7 Å². The molecule has 1 saturated heterocycles. The van der Waals surface area contributed by atoms with Gasteiger partial charge in [0.05, 0.1) is 12.9 Å². The topological polar surface area (TPSA) is 55.6 Å². The van der Waals surface area contributed by atoms with Gasteiger partial charge < -0.3 is 15.4 Å². The fourth-order valence-electron chi connectivity index (χ4n) is 2.53. The summed E-state index contributed by atoms with van der Waals surface area (Å²) in [7, 11) is 1.62. The van der Waals surface area contributed by atoms with Crippen molar-refractivity contribution in [2.75, 3.05) is 31.7 Å². The molecule has 0 unspecified atom stereocenters. The molecular weight excluding hydrogens is 284 g/mol. The van der Waals surface area contributed by atoms with Gasteiger partial charge in [-0.1, -0.05) is 19.3 Å². The highest BCUT2D eigenvalue weighted by Crippen LogP contribution is 2.31. The standard InChI is InChI=1S/C16H24N2O2S/c1-20-14-11-13(17)7-8-15(14)21-12-16(19)18-9-5-3-2-4-6-10-18/h7-8,11H,2-6,9-10,12,17H2,1H3. The lowest BCUT2D eigenvalue weighted by Crippen LogP contribution is -2.35. The largest absolute Gasteiger partial charge is 0.496 e. The second-order valence-corrected chi connectivity index (χ2v) is 6.36. The first-order valence-corrected chi connectivity index (χ1v) is 8.53. The van der Waals surface area contributed by atoms with Crippen LogP contribution in [0, 0.1) is 0 Å². The second-order valence-electron chi connectivity index (χ2n) is 5.35. The van der Waals surface area contributed by atoms with Crippen molar-refractivity contribution in [2.45, 2.75) is 37.0 Å². The molecular formula is C16H24N2O2S. The Balaban J connectivity index is 1.90. The predicted octanol–water partition coefficient (Wildman–Crippen LogP) is 3.16. The molecule has 1 amide bonds. The third-order valence-electron chi connectivity index (χ3n) is 3.75. The van der Waals surface area contributed by atoms with Crippen LogP contribution in [0.3, 0.4) is 0 Å². The molecule has 1 aliphatic rings. The zero-order chi connectivity index (χ0) is 15.1. The number of rotatable bonds is 4. The van der Waals surface area contributed by atoms with Crippen LogP contribution in [0.5, 0.6) is 5.75 Å². The molecule has 2 N–H and O–H groups in total. The van der Waals surface area contributed by atoms with Gasteiger partial charge in [-0.2, -0.15) is 0 Å². The maximum atomic E-state index is 12.3. The summed E-state index contributed by atoms with van der Waals surface area (Å²) in [6.45, 7) is 1.80. The average Bonchev–Trinajstić information content (AvgIpc) is 2.45. The van der Waals surface area contributed by atoms with Crippen molar-refractivity contribution in [3.63, 3.8) is 0 Å². The fourth-order valence-corrected chi connectivity index (χ4v) is 3.44. The van der Waals surface area contributed by atoms with Gasteiger partial charge in [-0.05, 0) is 25.0 Å². The number of anilines is 1. The number of nitrogen functional groups attached to an aromatic ring is 1. The van der Waals surface area contributed by atoms with Crippen molar-refractivity contribution in [3.05, 3.63) is 18.2 Å². The van der Waals surface area contributed by atoms with E-state index in [1.807, 2.05) is 17.0 Å². The predicted molar refractivity (Wildman–Crippen MR) is 87.8 cm³/mol. The van der Waals surface area contributed by atoms with Gasteiger partial charge >= 0.3 is 0 Å². The van der Waals surface area contributed by atoms with Crippen molar-refractivity contribution < 1.29 is 9.53 Å². The van der Waals surface area contributed by atoms with Gasteiger partial charge in [0.15, 0.2) is 0 Å². The van der Waals surface area contributed by atoms with E-state index in [9.17, 15) is 4.79 Å². The number of ether oxygens (including phenoxy) is 1. The zero-order valence-corrected chi connectivity index (χ0v) is 13.5. The van der Waals surface area contributed by atoms with E-state index in [4.69, 9.17) is 10.5 Å². The lowest BCUT2D eigenvalue weighted by atomic mass is 10.1. The maximum Gasteiger partial charge on any atom is 0.232 e. The molecule has 0 atom stereocenters. The molecule has 1 aromatic carbocycles. The number of hydrogen-bond acceptors (Lipinski definition) is 4. The summed E-state index contributed by atoms with van der Waals surface area (Å²) in [6.07, 6.45) is 6.04. The lowest BCUT2D eigenvalue weighted by molar-refractivity contribution is -0.128. The Labute approximate surface area is 131 Å². The number of methoxy groups -OCH3 is 1. The molecule has 21 heavy (non-hydrogen) atoms. The smallest absolute Gasteiger partial charge is 0.232 e. The molecule has 2 rings (SSSR count). The number of amides is 1. The van der Waals surface area contributed by atoms with Crippen molar-refractivity contribution in [1.82, 2.24) is 4.90 Å². The van der Waals surface area contributed by atoms with Crippen molar-refractivity contribution in [1.29, 1.82) is 0 Å². The summed E-state index contributed by atoms with van der Waals surface area (Å²) in [6, 6.07) is 5.55. The number of likely N-dealkylation sites (tertiary alicyclic amines) is 1. The normalized spacial score (nSPS) is 16.1. The van der Waals surface area contributed by atoms with E-state index in [2.05, 4.69) is 0 Å². The molecule has 4 nitrogen and oxygen atoms in total. The number of hydrogen-bond donors (Lipinski definition) is 1. The van der Waals surface area contributed by atoms with Crippen LogP contribution in [0.2, 0.25) is 0 Å². The van der Waals surface area contributed by atoms with Gasteiger partial charge in [0.1, 0.15) is 5.75 Å². The first kappa shape index (κ1) is 16.0. The van der Waals surface area contributed by atoms with Gasteiger partial charge in [0.25, 0.3) is 0 Å². The first-order valence-electron chi connectivity index (χ1n) is 7.55. The Hall–Kier alpha value is -1.36. The van der Waals surface area contributed by atoms with Gasteiger partial charge in [0.2, 0.25) is 5.91 Å². The van der Waals surface area contributed by atoms with Crippen molar-refractivity contribution in [3.8, 4) is 5.75 Å². The number of nitrogens with zero attached hydrogens (tertiary/aromatic N) is 1. The molecule has 0 aromatic heterocycles. The summed E-state index contributed by atoms with van der Waals surface area (Å²) < 4.78 is 5.31. The zero-order valence-electron chi connectivity index (χ0n) is 12.6. The Bertz CT molecular complexity index is 471. The molecule has 0 saturated carbocycles. The molecule has 1 heterocycles. The van der Waals surface area contributed by atoms with Crippen LogP contribution < -0.4 is 10.5 Å². The first-order chi connectivity index (χ1) is 10.2. The van der Waals surface area contributed by atoms with Gasteiger partial charge in [-0.15, -0.1) is 11.8 Å². The number of carbonyl (C=O) groups excluding carboxylic acids is 1. The molecule has 0 spiro atoms. The van der Waals surface area contributed by atoms with Crippen LogP contribution in [-0.2, 0) is 4.79 Å². The minimum atomic E-state index is 0.223. The van der Waals surface area contributed by atoms with Crippen molar-refractivity contribution >= 4 is 23.4 Å². The van der Waals surface area contributed by atoms with E-state index >= 15 is 0 Å². The third kappa shape index (κ3) is 4.84. The number of nitrogens with two attached hydrogens (primary N) is 1. The minimum absolute atomic E-state index is 0.223. The molecule has 0 aliphatic carbocycles. The molecule has 1 aliphatic heterocycles. The van der Waals surface area contributed by atoms with Crippen LogP contribution >= 0.6 is 11.8 Å². The summed E-state index contributed by atoms with van der Waals surface area (Å²) in [4.78, 5) is 15.3. The highest BCUT2D eigenvalue weighted by molar-refractivity contribution is 8.00. The van der Waals surface area contributed by atoms with Crippen LogP contribution in [0.25, 0.3) is 0 Å². The molecule has 116 valence electrons. The van der Waals surface area contributed by atoms with Gasteiger partial charge in [-0.3, -0.25) is 4.79 Å². The highest BCUT2D eigenvalue weighted by atomic mass is 32.2. The molecule has 1 aromatic rings. The van der Waals surface area contributed by atoms with Crippen LogP contribution in [0.4, 0.5) is 5.69 Å². The van der Waals surface area contributed by atoms with Crippen LogP contribution in [-0.4, -0.2) is 36.8 Å². The Morgan fingerprint density at radius 2 is 1.90 bits per heavy atom. The average molecular weight is 308 g/mol. The monoisotopic (exact) mass is 308 g/mol. The summed E-state index contributed by atoms with van der Waals surface area (Å²) in [5.74, 6) is 1.42.